The summed E-state index contributed by atoms with van der Waals surface area (Å²) >= 11 is 0. The lowest BCUT2D eigenvalue weighted by molar-refractivity contribution is 0.514. The summed E-state index contributed by atoms with van der Waals surface area (Å²) in [6.07, 6.45) is 20.4. The molecule has 0 saturated heterocycles. The van der Waals surface area contributed by atoms with E-state index in [2.05, 4.69) is 50.2 Å². The van der Waals surface area contributed by atoms with Crippen LogP contribution < -0.4 is 0 Å². The molecule has 0 aliphatic rings. The van der Waals surface area contributed by atoms with Crippen LogP contribution in [-0.2, 0) is 12.8 Å². The molecule has 0 radical (unpaired) electrons. The molecule has 0 amide bonds. The van der Waals surface area contributed by atoms with E-state index in [1.54, 1.807) is 12.1 Å². The van der Waals surface area contributed by atoms with Gasteiger partial charge in [0.1, 0.15) is 0 Å². The van der Waals surface area contributed by atoms with Crippen LogP contribution in [0, 0.1) is 11.6 Å². The van der Waals surface area contributed by atoms with Gasteiger partial charge in [0.25, 0.3) is 0 Å². The van der Waals surface area contributed by atoms with E-state index in [0.717, 1.165) is 24.0 Å². The molecule has 0 aliphatic heterocycles. The normalized spacial score (nSPS) is 11.3. The Hall–Kier alpha value is -3.26. The highest BCUT2D eigenvalue weighted by atomic mass is 19.2. The van der Waals surface area contributed by atoms with Gasteiger partial charge in [0.05, 0.1) is 0 Å². The molecule has 0 nitrogen and oxygen atoms in total. The minimum atomic E-state index is -0.794. The van der Waals surface area contributed by atoms with Crippen molar-refractivity contribution in [3.05, 3.63) is 108 Å². The summed E-state index contributed by atoms with van der Waals surface area (Å²) in [4.78, 5) is 0. The molecule has 0 saturated carbocycles. The van der Waals surface area contributed by atoms with Crippen LogP contribution in [0.5, 0.6) is 0 Å². The van der Waals surface area contributed by atoms with Crippen molar-refractivity contribution in [2.75, 3.05) is 0 Å². The van der Waals surface area contributed by atoms with Crippen molar-refractivity contribution >= 4 is 0 Å². The summed E-state index contributed by atoms with van der Waals surface area (Å²) in [5.74, 6) is -1.58. The fourth-order valence-electron chi connectivity index (χ4n) is 6.12. The van der Waals surface area contributed by atoms with Gasteiger partial charge in [-0.2, -0.15) is 0 Å². The van der Waals surface area contributed by atoms with Gasteiger partial charge in [0.2, 0.25) is 0 Å². The zero-order valence-corrected chi connectivity index (χ0v) is 27.2. The fraction of sp³-hybridized carbons (Fsp3) is 0.429. The molecule has 0 aromatic heterocycles. The van der Waals surface area contributed by atoms with E-state index in [1.165, 1.54) is 101 Å². The molecular formula is C42H52F2. The Balaban J connectivity index is 1.31. The smallest absolute Gasteiger partial charge is 0.167 e. The van der Waals surface area contributed by atoms with Gasteiger partial charge >= 0.3 is 0 Å². The van der Waals surface area contributed by atoms with Gasteiger partial charge in [0.15, 0.2) is 11.6 Å². The summed E-state index contributed by atoms with van der Waals surface area (Å²) < 4.78 is 30.6. The van der Waals surface area contributed by atoms with Crippen molar-refractivity contribution in [3.8, 4) is 33.4 Å². The van der Waals surface area contributed by atoms with E-state index in [-0.39, 0.29) is 0 Å². The van der Waals surface area contributed by atoms with Crippen LogP contribution in [0.4, 0.5) is 8.78 Å². The highest BCUT2D eigenvalue weighted by molar-refractivity contribution is 5.74. The van der Waals surface area contributed by atoms with E-state index in [0.29, 0.717) is 22.3 Å². The Morgan fingerprint density at radius 3 is 1.02 bits per heavy atom. The molecule has 0 heterocycles. The van der Waals surface area contributed by atoms with Gasteiger partial charge in [-0.1, -0.05) is 176 Å². The Morgan fingerprint density at radius 2 is 0.636 bits per heavy atom. The van der Waals surface area contributed by atoms with Crippen LogP contribution in [-0.4, -0.2) is 0 Å². The summed E-state index contributed by atoms with van der Waals surface area (Å²) in [5.41, 5.74) is 6.82. The van der Waals surface area contributed by atoms with E-state index >= 15 is 8.78 Å². The first kappa shape index (κ1) is 33.6. The minimum Gasteiger partial charge on any atom is -0.203 e. The zero-order valence-electron chi connectivity index (χ0n) is 27.2. The molecule has 2 heteroatoms. The predicted molar refractivity (Wildman–Crippen MR) is 186 cm³/mol. The highest BCUT2D eigenvalue weighted by Gasteiger charge is 2.16. The van der Waals surface area contributed by atoms with Gasteiger partial charge in [-0.3, -0.25) is 0 Å². The second-order valence-electron chi connectivity index (χ2n) is 12.5. The predicted octanol–water partition coefficient (Wildman–Crippen LogP) is 13.6. The molecule has 234 valence electrons. The number of benzene rings is 4. The molecule has 0 aliphatic carbocycles. The third kappa shape index (κ3) is 10.1. The number of unbranched alkanes of at least 4 members (excludes halogenated alkanes) is 12. The SMILES string of the molecule is CCCCCCCCCCc1ccc(-c2ccc(-c3ccc(-c4ccc(CCCCCCCC)cc4)cc3)c(F)c2F)cc1. The van der Waals surface area contributed by atoms with Gasteiger partial charge in [-0.05, 0) is 59.1 Å². The molecular weight excluding hydrogens is 542 g/mol. The minimum absolute atomic E-state index is 0.290. The van der Waals surface area contributed by atoms with E-state index in [4.69, 9.17) is 0 Å². The van der Waals surface area contributed by atoms with Crippen LogP contribution in [0.1, 0.15) is 115 Å². The summed E-state index contributed by atoms with van der Waals surface area (Å²) in [7, 11) is 0. The van der Waals surface area contributed by atoms with Gasteiger partial charge in [0, 0.05) is 11.1 Å². The third-order valence-corrected chi connectivity index (χ3v) is 8.97. The summed E-state index contributed by atoms with van der Waals surface area (Å²) in [5, 5.41) is 0. The lowest BCUT2D eigenvalue weighted by atomic mass is 9.95. The lowest BCUT2D eigenvalue weighted by Gasteiger charge is -2.11. The maximum absolute atomic E-state index is 15.3. The number of aryl methyl sites for hydroxylation is 2. The number of rotatable bonds is 19. The first-order chi connectivity index (χ1) is 21.6. The Morgan fingerprint density at radius 1 is 0.341 bits per heavy atom. The maximum atomic E-state index is 15.3. The second kappa shape index (κ2) is 18.5. The Bertz CT molecular complexity index is 1370. The molecule has 0 spiro atoms. The topological polar surface area (TPSA) is 0 Å². The average molecular weight is 595 g/mol. The van der Waals surface area contributed by atoms with Crippen molar-refractivity contribution < 1.29 is 8.78 Å². The van der Waals surface area contributed by atoms with Gasteiger partial charge in [-0.15, -0.1) is 0 Å². The fourth-order valence-corrected chi connectivity index (χ4v) is 6.12. The molecule has 44 heavy (non-hydrogen) atoms. The number of hydrogen-bond acceptors (Lipinski definition) is 0. The molecule has 0 bridgehead atoms. The molecule has 0 fully saturated rings. The lowest BCUT2D eigenvalue weighted by Crippen LogP contribution is -1.94. The average Bonchev–Trinajstić information content (AvgIpc) is 3.06. The summed E-state index contributed by atoms with van der Waals surface area (Å²) in [6.45, 7) is 4.50. The van der Waals surface area contributed by atoms with Crippen molar-refractivity contribution in [3.63, 3.8) is 0 Å². The van der Waals surface area contributed by atoms with Crippen molar-refractivity contribution in [2.24, 2.45) is 0 Å². The monoisotopic (exact) mass is 594 g/mol. The van der Waals surface area contributed by atoms with Crippen LogP contribution in [0.2, 0.25) is 0 Å². The standard InChI is InChI=1S/C42H52F2/c1-3-5-7-9-11-12-14-16-18-34-21-25-37(26-22-34)39-31-32-40(42(44)41(39)43)38-29-27-36(28-30-38)35-23-19-33(20-24-35)17-15-13-10-8-6-4-2/h19-32H,3-18H2,1-2H3. The number of hydrogen-bond donors (Lipinski definition) is 0. The van der Waals surface area contributed by atoms with Crippen LogP contribution >= 0.6 is 0 Å². The van der Waals surface area contributed by atoms with Gasteiger partial charge < -0.3 is 0 Å². The number of halogens is 2. The molecule has 4 aromatic rings. The van der Waals surface area contributed by atoms with E-state index in [1.807, 2.05) is 36.4 Å². The maximum Gasteiger partial charge on any atom is 0.167 e. The van der Waals surface area contributed by atoms with Gasteiger partial charge in [-0.25, -0.2) is 8.78 Å². The molecule has 0 atom stereocenters. The summed E-state index contributed by atoms with van der Waals surface area (Å²) in [6, 6.07) is 27.9. The Labute approximate surface area is 266 Å². The quantitative estimate of drug-likeness (QED) is 0.0947. The molecule has 4 rings (SSSR count). The van der Waals surface area contributed by atoms with Crippen LogP contribution in [0.15, 0.2) is 84.9 Å². The first-order valence-electron chi connectivity index (χ1n) is 17.4. The largest absolute Gasteiger partial charge is 0.203 e. The van der Waals surface area contributed by atoms with Crippen LogP contribution in [0.3, 0.4) is 0 Å². The van der Waals surface area contributed by atoms with E-state index in [9.17, 15) is 0 Å². The second-order valence-corrected chi connectivity index (χ2v) is 12.5. The van der Waals surface area contributed by atoms with E-state index < -0.39 is 11.6 Å². The molecule has 0 unspecified atom stereocenters. The highest BCUT2D eigenvalue weighted by Crippen LogP contribution is 2.33. The molecule has 0 N–H and O–H groups in total. The van der Waals surface area contributed by atoms with Crippen molar-refractivity contribution in [2.45, 2.75) is 117 Å². The van der Waals surface area contributed by atoms with Crippen molar-refractivity contribution in [1.29, 1.82) is 0 Å². The molecule has 4 aromatic carbocycles. The zero-order chi connectivity index (χ0) is 31.0. The Kier molecular flexibility index (Phi) is 14.2. The first-order valence-corrected chi connectivity index (χ1v) is 17.4. The van der Waals surface area contributed by atoms with Crippen molar-refractivity contribution in [1.82, 2.24) is 0 Å². The third-order valence-electron chi connectivity index (χ3n) is 8.97. The van der Waals surface area contributed by atoms with Crippen LogP contribution in [0.25, 0.3) is 33.4 Å².